The lowest BCUT2D eigenvalue weighted by molar-refractivity contribution is -0.115. The summed E-state index contributed by atoms with van der Waals surface area (Å²) in [4.78, 5) is 46.2. The molecule has 1 unspecified atom stereocenters. The SMILES string of the molecule is CCOC(=O)c1cccc(NC(=O)C(CC)Sc2nc3scc(-c4ccc(C(C)C)cc4)c3c(=O)[nH]2)c1. The summed E-state index contributed by atoms with van der Waals surface area (Å²) in [5.41, 5.74) is 3.70. The van der Waals surface area contributed by atoms with Gasteiger partial charge in [-0.2, -0.15) is 0 Å². The van der Waals surface area contributed by atoms with Crippen LogP contribution < -0.4 is 10.9 Å². The van der Waals surface area contributed by atoms with E-state index >= 15 is 0 Å². The Labute approximate surface area is 223 Å². The van der Waals surface area contributed by atoms with Crippen LogP contribution in [0.3, 0.4) is 0 Å². The Bertz CT molecular complexity index is 1480. The molecule has 4 rings (SSSR count). The molecule has 7 nitrogen and oxygen atoms in total. The summed E-state index contributed by atoms with van der Waals surface area (Å²) in [7, 11) is 0. The summed E-state index contributed by atoms with van der Waals surface area (Å²) in [6, 6.07) is 14.9. The van der Waals surface area contributed by atoms with E-state index in [9.17, 15) is 14.4 Å². The van der Waals surface area contributed by atoms with Gasteiger partial charge in [0.15, 0.2) is 5.16 Å². The minimum absolute atomic E-state index is 0.228. The Balaban J connectivity index is 1.53. The first kappa shape index (κ1) is 26.6. The zero-order valence-electron chi connectivity index (χ0n) is 21.2. The van der Waals surface area contributed by atoms with Crippen LogP contribution >= 0.6 is 23.1 Å². The predicted octanol–water partition coefficient (Wildman–Crippen LogP) is 6.46. The van der Waals surface area contributed by atoms with Crippen LogP contribution in [-0.2, 0) is 9.53 Å². The van der Waals surface area contributed by atoms with Crippen molar-refractivity contribution >= 4 is 50.9 Å². The van der Waals surface area contributed by atoms with Crippen molar-refractivity contribution in [3.8, 4) is 11.1 Å². The number of hydrogen-bond donors (Lipinski definition) is 2. The average molecular weight is 536 g/mol. The van der Waals surface area contributed by atoms with Crippen molar-refractivity contribution in [1.82, 2.24) is 9.97 Å². The van der Waals surface area contributed by atoms with Gasteiger partial charge in [0.1, 0.15) is 4.83 Å². The third-order valence-corrected chi connectivity index (χ3v) is 7.99. The minimum Gasteiger partial charge on any atom is -0.462 e. The van der Waals surface area contributed by atoms with Crippen LogP contribution in [0, 0.1) is 0 Å². The topological polar surface area (TPSA) is 101 Å². The molecule has 2 aromatic heterocycles. The Morgan fingerprint density at radius 2 is 1.89 bits per heavy atom. The molecule has 0 aliphatic rings. The zero-order valence-corrected chi connectivity index (χ0v) is 22.8. The number of anilines is 1. The maximum atomic E-state index is 13.1. The minimum atomic E-state index is -0.491. The molecule has 37 heavy (non-hydrogen) atoms. The number of ether oxygens (including phenoxy) is 1. The van der Waals surface area contributed by atoms with Crippen molar-refractivity contribution in [3.05, 3.63) is 75.4 Å². The van der Waals surface area contributed by atoms with Crippen LogP contribution in [0.5, 0.6) is 0 Å². The number of esters is 1. The number of nitrogens with one attached hydrogen (secondary N) is 2. The second-order valence-corrected chi connectivity index (χ2v) is 10.8. The molecular weight excluding hydrogens is 506 g/mol. The molecule has 4 aromatic rings. The quantitative estimate of drug-likeness (QED) is 0.145. The van der Waals surface area contributed by atoms with Gasteiger partial charge in [0.2, 0.25) is 5.91 Å². The Morgan fingerprint density at radius 1 is 1.14 bits per heavy atom. The number of thiophene rings is 1. The van der Waals surface area contributed by atoms with E-state index in [1.165, 1.54) is 28.7 Å². The smallest absolute Gasteiger partial charge is 0.338 e. The van der Waals surface area contributed by atoms with Gasteiger partial charge < -0.3 is 15.0 Å². The molecule has 0 radical (unpaired) electrons. The molecule has 9 heteroatoms. The van der Waals surface area contributed by atoms with Crippen molar-refractivity contribution in [1.29, 1.82) is 0 Å². The zero-order chi connectivity index (χ0) is 26.5. The van der Waals surface area contributed by atoms with Gasteiger partial charge >= 0.3 is 5.97 Å². The number of nitrogens with zero attached hydrogens (tertiary/aromatic N) is 1. The molecule has 0 fully saturated rings. The number of thioether (sulfide) groups is 1. The fourth-order valence-corrected chi connectivity index (χ4v) is 5.77. The number of H-pyrrole nitrogens is 1. The normalized spacial score (nSPS) is 12.0. The van der Waals surface area contributed by atoms with Crippen LogP contribution in [0.15, 0.2) is 63.9 Å². The van der Waals surface area contributed by atoms with Crippen LogP contribution in [0.25, 0.3) is 21.3 Å². The molecule has 0 saturated heterocycles. The lowest BCUT2D eigenvalue weighted by Gasteiger charge is -2.14. The van der Waals surface area contributed by atoms with Crippen LogP contribution in [0.1, 0.15) is 56.0 Å². The van der Waals surface area contributed by atoms with E-state index in [1.807, 2.05) is 24.4 Å². The van der Waals surface area contributed by atoms with Gasteiger partial charge in [0, 0.05) is 16.6 Å². The third-order valence-electron chi connectivity index (χ3n) is 5.87. The molecule has 0 aliphatic carbocycles. The lowest BCUT2D eigenvalue weighted by atomic mass is 9.99. The number of fused-ring (bicyclic) bond motifs is 1. The molecule has 0 saturated carbocycles. The number of benzene rings is 2. The van der Waals surface area contributed by atoms with E-state index in [2.05, 4.69) is 41.3 Å². The van der Waals surface area contributed by atoms with E-state index in [0.29, 0.717) is 39.0 Å². The standard InChI is InChI=1S/C28H29N3O4S2/c1-5-22(24(32)29-20-9-7-8-19(14-20)27(34)35-6-2)37-28-30-25(33)23-21(15-36-26(23)31-28)18-12-10-17(11-13-18)16(3)4/h7-16,22H,5-6H2,1-4H3,(H,29,32)(H,30,31,33). The summed E-state index contributed by atoms with van der Waals surface area (Å²) in [5.74, 6) is -0.252. The molecule has 192 valence electrons. The number of aromatic nitrogens is 2. The van der Waals surface area contributed by atoms with Crippen LogP contribution in [0.4, 0.5) is 5.69 Å². The van der Waals surface area contributed by atoms with E-state index in [0.717, 1.165) is 11.1 Å². The monoisotopic (exact) mass is 535 g/mol. The molecule has 0 spiro atoms. The van der Waals surface area contributed by atoms with Gasteiger partial charge in [0.05, 0.1) is 22.8 Å². The van der Waals surface area contributed by atoms with Gasteiger partial charge in [0.25, 0.3) is 5.56 Å². The Morgan fingerprint density at radius 3 is 2.57 bits per heavy atom. The lowest BCUT2D eigenvalue weighted by Crippen LogP contribution is -2.25. The molecule has 1 amide bonds. The Kier molecular flexibility index (Phi) is 8.45. The van der Waals surface area contributed by atoms with E-state index < -0.39 is 11.2 Å². The predicted molar refractivity (Wildman–Crippen MR) is 151 cm³/mol. The number of rotatable bonds is 9. The summed E-state index contributed by atoms with van der Waals surface area (Å²) in [5, 5.41) is 5.26. The molecular formula is C28H29N3O4S2. The van der Waals surface area contributed by atoms with Crippen LogP contribution in [-0.4, -0.2) is 33.7 Å². The summed E-state index contributed by atoms with van der Waals surface area (Å²) in [6.07, 6.45) is 0.522. The second-order valence-electron chi connectivity index (χ2n) is 8.78. The number of hydrogen-bond acceptors (Lipinski definition) is 7. The molecule has 2 N–H and O–H groups in total. The molecule has 1 atom stereocenters. The molecule has 0 aliphatic heterocycles. The number of aromatic amines is 1. The summed E-state index contributed by atoms with van der Waals surface area (Å²) >= 11 is 2.62. The van der Waals surface area contributed by atoms with Crippen LogP contribution in [0.2, 0.25) is 0 Å². The highest BCUT2D eigenvalue weighted by atomic mass is 32.2. The maximum absolute atomic E-state index is 13.1. The molecule has 0 bridgehead atoms. The highest BCUT2D eigenvalue weighted by molar-refractivity contribution is 8.00. The first-order chi connectivity index (χ1) is 17.8. The van der Waals surface area contributed by atoms with Crippen molar-refractivity contribution < 1.29 is 14.3 Å². The Hall–Kier alpha value is -3.43. The van der Waals surface area contributed by atoms with Gasteiger partial charge in [-0.25, -0.2) is 9.78 Å². The van der Waals surface area contributed by atoms with Crippen molar-refractivity contribution in [2.45, 2.75) is 50.4 Å². The molecule has 2 heterocycles. The van der Waals surface area contributed by atoms with Gasteiger partial charge in [-0.05, 0) is 48.6 Å². The van der Waals surface area contributed by atoms with E-state index in [1.54, 1.807) is 31.2 Å². The van der Waals surface area contributed by atoms with Gasteiger partial charge in [-0.1, -0.05) is 62.9 Å². The van der Waals surface area contributed by atoms with Gasteiger partial charge in [-0.15, -0.1) is 11.3 Å². The largest absolute Gasteiger partial charge is 0.462 e. The van der Waals surface area contributed by atoms with Crippen molar-refractivity contribution in [2.24, 2.45) is 0 Å². The molecule has 2 aromatic carbocycles. The fraction of sp³-hybridized carbons (Fsp3) is 0.286. The second kappa shape index (κ2) is 11.7. The van der Waals surface area contributed by atoms with Crippen molar-refractivity contribution in [2.75, 3.05) is 11.9 Å². The number of carbonyl (C=O) groups is 2. The van der Waals surface area contributed by atoms with Crippen molar-refractivity contribution in [3.63, 3.8) is 0 Å². The summed E-state index contributed by atoms with van der Waals surface area (Å²) < 4.78 is 5.03. The first-order valence-electron chi connectivity index (χ1n) is 12.2. The fourth-order valence-electron chi connectivity index (χ4n) is 3.86. The third kappa shape index (κ3) is 6.11. The average Bonchev–Trinajstić information content (AvgIpc) is 3.32. The van der Waals surface area contributed by atoms with E-state index in [-0.39, 0.29) is 18.1 Å². The summed E-state index contributed by atoms with van der Waals surface area (Å²) in [6.45, 7) is 8.20. The maximum Gasteiger partial charge on any atom is 0.338 e. The number of carbonyl (C=O) groups excluding carboxylic acids is 2. The highest BCUT2D eigenvalue weighted by Crippen LogP contribution is 2.33. The van der Waals surface area contributed by atoms with E-state index in [4.69, 9.17) is 4.74 Å². The first-order valence-corrected chi connectivity index (χ1v) is 13.9. The van der Waals surface area contributed by atoms with Gasteiger partial charge in [-0.3, -0.25) is 9.59 Å². The number of amides is 1. The highest BCUT2D eigenvalue weighted by Gasteiger charge is 2.21.